The lowest BCUT2D eigenvalue weighted by molar-refractivity contribution is 1.18. The van der Waals surface area contributed by atoms with Crippen LogP contribution in [0.5, 0.6) is 0 Å². The van der Waals surface area contributed by atoms with Gasteiger partial charge in [-0.15, -0.1) is 0 Å². The Morgan fingerprint density at radius 3 is 1.20 bits per heavy atom. The van der Waals surface area contributed by atoms with Gasteiger partial charge in [-0.05, 0) is 111 Å². The Morgan fingerprint density at radius 2 is 0.589 bits per heavy atom. The van der Waals surface area contributed by atoms with Gasteiger partial charge >= 0.3 is 0 Å². The number of hydrogen-bond donors (Lipinski definition) is 0. The Balaban J connectivity index is 1.11. The molecule has 11 rings (SSSR count). The van der Waals surface area contributed by atoms with Crippen molar-refractivity contribution in [3.63, 3.8) is 0 Å². The van der Waals surface area contributed by atoms with Crippen LogP contribution in [0.25, 0.3) is 99.5 Å². The summed E-state index contributed by atoms with van der Waals surface area (Å²) in [5, 5.41) is 4.97. The highest BCUT2D eigenvalue weighted by molar-refractivity contribution is 6.13. The predicted octanol–water partition coefficient (Wildman–Crippen LogP) is 14.5. The molecule has 2 heterocycles. The molecule has 262 valence electrons. The van der Waals surface area contributed by atoms with E-state index in [1.807, 2.05) is 0 Å². The topological polar surface area (TPSA) is 9.86 Å². The van der Waals surface area contributed by atoms with Gasteiger partial charge in [0.1, 0.15) is 0 Å². The Bertz CT molecular complexity index is 3210. The summed E-state index contributed by atoms with van der Waals surface area (Å²) in [6.45, 7) is 0. The van der Waals surface area contributed by atoms with Crippen molar-refractivity contribution in [2.45, 2.75) is 0 Å². The first-order chi connectivity index (χ1) is 27.8. The number of para-hydroxylation sites is 2. The van der Waals surface area contributed by atoms with Gasteiger partial charge in [-0.2, -0.15) is 0 Å². The number of benzene rings is 9. The second-order valence-electron chi connectivity index (χ2n) is 14.5. The normalized spacial score (nSPS) is 11.6. The van der Waals surface area contributed by atoms with Gasteiger partial charge < -0.3 is 9.13 Å². The molecule has 9 aromatic carbocycles. The molecule has 11 aromatic rings. The Labute approximate surface area is 325 Å². The third kappa shape index (κ3) is 5.26. The van der Waals surface area contributed by atoms with Gasteiger partial charge in [0, 0.05) is 32.9 Å². The van der Waals surface area contributed by atoms with E-state index in [0.717, 1.165) is 5.69 Å². The molecule has 0 radical (unpaired) electrons. The SMILES string of the molecule is c1ccc(-c2ccc(-n3c4ccc(-c5ccc6c(c5)c5ccccc5n6-c5ccccc5)cc4c4cc(-c5ccccc5-c5ccccc5)ccc43)cc2)cc1. The Hall–Kier alpha value is -7.42. The molecular formula is C54H36N2. The predicted molar refractivity (Wildman–Crippen MR) is 237 cm³/mol. The van der Waals surface area contributed by atoms with Gasteiger partial charge in [0.2, 0.25) is 0 Å². The highest BCUT2D eigenvalue weighted by Gasteiger charge is 2.18. The van der Waals surface area contributed by atoms with Gasteiger partial charge in [-0.25, -0.2) is 0 Å². The van der Waals surface area contributed by atoms with Crippen LogP contribution in [0.1, 0.15) is 0 Å². The average Bonchev–Trinajstić information content (AvgIpc) is 3.79. The summed E-state index contributed by atoms with van der Waals surface area (Å²) >= 11 is 0. The van der Waals surface area contributed by atoms with Gasteiger partial charge in [-0.3, -0.25) is 0 Å². The Morgan fingerprint density at radius 1 is 0.214 bits per heavy atom. The van der Waals surface area contributed by atoms with E-state index in [-0.39, 0.29) is 0 Å². The first kappa shape index (κ1) is 32.0. The van der Waals surface area contributed by atoms with E-state index >= 15 is 0 Å². The molecule has 0 atom stereocenters. The average molecular weight is 713 g/mol. The number of rotatable bonds is 6. The molecular weight excluding hydrogens is 677 g/mol. The molecule has 0 unspecified atom stereocenters. The first-order valence-electron chi connectivity index (χ1n) is 19.3. The van der Waals surface area contributed by atoms with Gasteiger partial charge in [0.15, 0.2) is 0 Å². The lowest BCUT2D eigenvalue weighted by Crippen LogP contribution is -1.94. The molecule has 56 heavy (non-hydrogen) atoms. The first-order valence-corrected chi connectivity index (χ1v) is 19.3. The lowest BCUT2D eigenvalue weighted by atomic mass is 9.93. The quantitative estimate of drug-likeness (QED) is 0.162. The maximum atomic E-state index is 2.42. The molecule has 0 spiro atoms. The summed E-state index contributed by atoms with van der Waals surface area (Å²) in [5.74, 6) is 0. The van der Waals surface area contributed by atoms with Crippen LogP contribution < -0.4 is 0 Å². The largest absolute Gasteiger partial charge is 0.309 e. The van der Waals surface area contributed by atoms with Crippen molar-refractivity contribution in [3.05, 3.63) is 218 Å². The minimum Gasteiger partial charge on any atom is -0.309 e. The van der Waals surface area contributed by atoms with E-state index in [9.17, 15) is 0 Å². The molecule has 0 N–H and O–H groups in total. The van der Waals surface area contributed by atoms with Crippen molar-refractivity contribution in [1.29, 1.82) is 0 Å². The summed E-state index contributed by atoms with van der Waals surface area (Å²) in [6.07, 6.45) is 0. The number of nitrogens with zero attached hydrogens (tertiary/aromatic N) is 2. The Kier molecular flexibility index (Phi) is 7.53. The number of aromatic nitrogens is 2. The van der Waals surface area contributed by atoms with Crippen LogP contribution in [-0.2, 0) is 0 Å². The van der Waals surface area contributed by atoms with E-state index < -0.39 is 0 Å². The molecule has 2 nitrogen and oxygen atoms in total. The van der Waals surface area contributed by atoms with E-state index in [0.29, 0.717) is 0 Å². The van der Waals surface area contributed by atoms with Crippen molar-refractivity contribution < 1.29 is 0 Å². The van der Waals surface area contributed by atoms with Crippen molar-refractivity contribution in [3.8, 4) is 55.9 Å². The lowest BCUT2D eigenvalue weighted by Gasteiger charge is -2.12. The van der Waals surface area contributed by atoms with Crippen LogP contribution in [0.15, 0.2) is 218 Å². The van der Waals surface area contributed by atoms with Crippen LogP contribution >= 0.6 is 0 Å². The van der Waals surface area contributed by atoms with Crippen LogP contribution in [0.3, 0.4) is 0 Å². The molecule has 2 heteroatoms. The fraction of sp³-hybridized carbons (Fsp3) is 0. The summed E-state index contributed by atoms with van der Waals surface area (Å²) < 4.78 is 4.80. The zero-order valence-corrected chi connectivity index (χ0v) is 30.7. The summed E-state index contributed by atoms with van der Waals surface area (Å²) in [4.78, 5) is 0. The van der Waals surface area contributed by atoms with Crippen molar-refractivity contribution in [1.82, 2.24) is 9.13 Å². The van der Waals surface area contributed by atoms with E-state index in [2.05, 4.69) is 228 Å². The standard InChI is InChI=1S/C54H36N2/c1-4-14-37(15-5-1)38-24-29-44(30-25-38)56-53-32-27-41(40-26-31-52-48(34-40)47-22-12-13-23-51(47)55(52)43-18-8-3-9-19-43)35-49(53)50-36-42(28-33-54(50)56)46-21-11-10-20-45(46)39-16-6-2-7-17-39/h1-36H. The highest BCUT2D eigenvalue weighted by atomic mass is 15.0. The zero-order valence-electron chi connectivity index (χ0n) is 30.7. The second-order valence-corrected chi connectivity index (χ2v) is 14.5. The summed E-state index contributed by atoms with van der Waals surface area (Å²) in [7, 11) is 0. The second kappa shape index (κ2) is 13.2. The monoisotopic (exact) mass is 712 g/mol. The van der Waals surface area contributed by atoms with Crippen molar-refractivity contribution in [2.24, 2.45) is 0 Å². The molecule has 0 aliphatic heterocycles. The molecule has 0 aliphatic rings. The van der Waals surface area contributed by atoms with Crippen LogP contribution in [0, 0.1) is 0 Å². The maximum absolute atomic E-state index is 2.42. The van der Waals surface area contributed by atoms with Gasteiger partial charge in [0.25, 0.3) is 0 Å². The number of fused-ring (bicyclic) bond motifs is 6. The molecule has 2 aromatic heterocycles. The molecule has 0 saturated carbocycles. The maximum Gasteiger partial charge on any atom is 0.0541 e. The van der Waals surface area contributed by atoms with Gasteiger partial charge in [0.05, 0.1) is 22.1 Å². The fourth-order valence-corrected chi connectivity index (χ4v) is 8.69. The summed E-state index contributed by atoms with van der Waals surface area (Å²) in [6, 6.07) is 79.4. The summed E-state index contributed by atoms with van der Waals surface area (Å²) in [5.41, 5.74) is 16.8. The molecule has 0 aliphatic carbocycles. The number of hydrogen-bond acceptors (Lipinski definition) is 0. The molecule has 0 fully saturated rings. The van der Waals surface area contributed by atoms with Gasteiger partial charge in [-0.1, -0.05) is 152 Å². The van der Waals surface area contributed by atoms with E-state index in [1.54, 1.807) is 0 Å². The highest BCUT2D eigenvalue weighted by Crippen LogP contribution is 2.41. The third-order valence-electron chi connectivity index (χ3n) is 11.3. The van der Waals surface area contributed by atoms with E-state index in [1.165, 1.54) is 93.8 Å². The molecule has 0 bridgehead atoms. The zero-order chi connectivity index (χ0) is 37.0. The van der Waals surface area contributed by atoms with E-state index in [4.69, 9.17) is 0 Å². The third-order valence-corrected chi connectivity index (χ3v) is 11.3. The van der Waals surface area contributed by atoms with Crippen LogP contribution in [-0.4, -0.2) is 9.13 Å². The minimum atomic E-state index is 1.14. The van der Waals surface area contributed by atoms with Crippen molar-refractivity contribution in [2.75, 3.05) is 0 Å². The minimum absolute atomic E-state index is 1.14. The molecule has 0 amide bonds. The van der Waals surface area contributed by atoms with Crippen molar-refractivity contribution >= 4 is 43.6 Å². The molecule has 0 saturated heterocycles. The van der Waals surface area contributed by atoms with Crippen LogP contribution in [0.2, 0.25) is 0 Å². The van der Waals surface area contributed by atoms with Crippen LogP contribution in [0.4, 0.5) is 0 Å². The smallest absolute Gasteiger partial charge is 0.0541 e. The fourth-order valence-electron chi connectivity index (χ4n) is 8.69.